The Hall–Kier alpha value is -4.10. The molecule has 50 heavy (non-hydrogen) atoms. The van der Waals surface area contributed by atoms with Gasteiger partial charge in [-0.25, -0.2) is 0 Å². The van der Waals surface area contributed by atoms with E-state index in [1.807, 2.05) is 79.7 Å². The molecule has 0 aliphatic carbocycles. The number of amides is 2. The number of fused-ring (bicyclic) bond motifs is 2. The number of hydrogen-bond donors (Lipinski definition) is 1. The minimum absolute atomic E-state index is 0.117. The predicted molar refractivity (Wildman–Crippen MR) is 196 cm³/mol. The maximum absolute atomic E-state index is 16.4. The summed E-state index contributed by atoms with van der Waals surface area (Å²) in [5.74, 6) is -0.971. The Bertz CT molecular complexity index is 1950. The molecule has 1 aromatic heterocycles. The van der Waals surface area contributed by atoms with Crippen LogP contribution in [0.5, 0.6) is 5.75 Å². The maximum Gasteiger partial charge on any atom is 0.297 e. The predicted octanol–water partition coefficient (Wildman–Crippen LogP) is 6.34. The normalized spacial score (nSPS) is 21.5. The van der Waals surface area contributed by atoms with E-state index >= 15 is 4.11 Å². The zero-order valence-corrected chi connectivity index (χ0v) is 31.1. The molecule has 12 heteroatoms. The molecule has 3 heterocycles. The smallest absolute Gasteiger partial charge is 0.297 e. The van der Waals surface area contributed by atoms with E-state index in [0.29, 0.717) is 16.9 Å². The second kappa shape index (κ2) is 14.3. The molecule has 0 saturated carbocycles. The fourth-order valence-corrected chi connectivity index (χ4v) is 10.6. The highest BCUT2D eigenvalue weighted by molar-refractivity contribution is 9.10. The Balaban J connectivity index is 1.35. The van der Waals surface area contributed by atoms with Gasteiger partial charge in [-0.05, 0) is 66.7 Å². The second-order valence-corrected chi connectivity index (χ2v) is 18.2. The highest BCUT2D eigenvalue weighted by atomic mass is 79.9. The summed E-state index contributed by atoms with van der Waals surface area (Å²) in [5, 5.41) is 9.80. The molecule has 0 unspecified atom stereocenters. The highest BCUT2D eigenvalue weighted by Crippen LogP contribution is 2.60. The van der Waals surface area contributed by atoms with E-state index < -0.39 is 31.6 Å². The SMILES string of the molecule is COc1cccn(-c2cccc(CN3C(=O)[C@@]4(O[C@@H](CC(=O)N(CCO)Cc5ccccc5)[C@H]([Si](C)(C)F)[C@H]4C)c4cc(Br)ccc43)c2)c1=O. The molecule has 262 valence electrons. The monoisotopic (exact) mass is 761 g/mol. The largest absolute Gasteiger partial charge is 0.491 e. The number of benzene rings is 3. The molecular formula is C38H41BrFN3O6Si. The van der Waals surface area contributed by atoms with Gasteiger partial charge in [-0.2, -0.15) is 0 Å². The van der Waals surface area contributed by atoms with Gasteiger partial charge in [-0.3, -0.25) is 19.0 Å². The van der Waals surface area contributed by atoms with E-state index in [-0.39, 0.29) is 55.8 Å². The summed E-state index contributed by atoms with van der Waals surface area (Å²) in [5.41, 5.74) is 1.06. The molecule has 1 fully saturated rings. The lowest BCUT2D eigenvalue weighted by Gasteiger charge is -2.31. The Kier molecular flexibility index (Phi) is 10.2. The van der Waals surface area contributed by atoms with Crippen molar-refractivity contribution in [3.05, 3.63) is 123 Å². The summed E-state index contributed by atoms with van der Waals surface area (Å²) in [6.45, 7) is 5.43. The van der Waals surface area contributed by atoms with Crippen LogP contribution in [-0.4, -0.2) is 61.2 Å². The van der Waals surface area contributed by atoms with Gasteiger partial charge in [0.05, 0.1) is 38.5 Å². The number of aromatic nitrogens is 1. The molecule has 3 aromatic carbocycles. The lowest BCUT2D eigenvalue weighted by Crippen LogP contribution is -2.45. The molecule has 6 rings (SSSR count). The molecule has 2 aliphatic heterocycles. The van der Waals surface area contributed by atoms with E-state index in [1.54, 1.807) is 41.2 Å². The van der Waals surface area contributed by atoms with Crippen molar-refractivity contribution in [3.63, 3.8) is 0 Å². The number of anilines is 1. The van der Waals surface area contributed by atoms with Gasteiger partial charge in [-0.15, -0.1) is 0 Å². The summed E-state index contributed by atoms with van der Waals surface area (Å²) in [7, 11) is -2.08. The van der Waals surface area contributed by atoms with Crippen LogP contribution in [0.15, 0.2) is 100 Å². The van der Waals surface area contributed by atoms with Gasteiger partial charge in [0.25, 0.3) is 11.5 Å². The van der Waals surface area contributed by atoms with Crippen LogP contribution in [0.3, 0.4) is 0 Å². The number of rotatable bonds is 11. The van der Waals surface area contributed by atoms with Gasteiger partial charge in [0.15, 0.2) is 11.4 Å². The van der Waals surface area contributed by atoms with Crippen LogP contribution in [0.25, 0.3) is 5.69 Å². The van der Waals surface area contributed by atoms with Crippen LogP contribution in [0.1, 0.15) is 30.0 Å². The van der Waals surface area contributed by atoms with Crippen molar-refractivity contribution in [2.24, 2.45) is 5.92 Å². The summed E-state index contributed by atoms with van der Waals surface area (Å²) in [4.78, 5) is 44.9. The van der Waals surface area contributed by atoms with E-state index in [2.05, 4.69) is 15.9 Å². The van der Waals surface area contributed by atoms with Crippen LogP contribution in [0.4, 0.5) is 9.80 Å². The molecule has 0 radical (unpaired) electrons. The first-order valence-electron chi connectivity index (χ1n) is 16.6. The quantitative estimate of drug-likeness (QED) is 0.142. The fourth-order valence-electron chi connectivity index (χ4n) is 7.71. The summed E-state index contributed by atoms with van der Waals surface area (Å²) in [6.07, 6.45) is 0.671. The maximum atomic E-state index is 16.4. The molecule has 1 spiro atoms. The van der Waals surface area contributed by atoms with Crippen LogP contribution in [0, 0.1) is 5.92 Å². The zero-order valence-electron chi connectivity index (χ0n) is 28.5. The molecule has 0 bridgehead atoms. The average Bonchev–Trinajstić information content (AvgIpc) is 3.51. The van der Waals surface area contributed by atoms with Crippen molar-refractivity contribution >= 4 is 41.8 Å². The first-order chi connectivity index (χ1) is 23.9. The Morgan fingerprint density at radius 3 is 2.48 bits per heavy atom. The van der Waals surface area contributed by atoms with Gasteiger partial charge in [0.2, 0.25) is 14.3 Å². The highest BCUT2D eigenvalue weighted by Gasteiger charge is 2.67. The van der Waals surface area contributed by atoms with Crippen LogP contribution >= 0.6 is 15.9 Å². The van der Waals surface area contributed by atoms with Crippen molar-refractivity contribution in [1.82, 2.24) is 9.47 Å². The topological polar surface area (TPSA) is 101 Å². The zero-order chi connectivity index (χ0) is 35.8. The number of halogens is 2. The standard InChI is InChI=1S/C38H41BrFN3O6Si/c1-25-35(50(3,4)40)33(22-34(45)41(18-19-44)23-26-10-6-5-7-11-26)49-38(25)30-21-28(39)15-16-31(30)43(37(38)47)24-27-12-8-13-29(20-27)42-17-9-14-32(48-2)36(42)46/h5-17,20-21,25,33,35,44H,18-19,22-24H2,1-4H3/t25-,33+,35-,38+/m1/s1. The van der Waals surface area contributed by atoms with E-state index in [1.165, 1.54) is 11.7 Å². The number of pyridine rings is 1. The van der Waals surface area contributed by atoms with Crippen LogP contribution < -0.4 is 15.2 Å². The number of carbonyl (C=O) groups is 2. The minimum atomic E-state index is -3.53. The van der Waals surface area contributed by atoms with Crippen molar-refractivity contribution < 1.29 is 28.3 Å². The molecule has 4 aromatic rings. The third-order valence-corrected chi connectivity index (χ3v) is 12.8. The second-order valence-electron chi connectivity index (χ2n) is 13.5. The van der Waals surface area contributed by atoms with Crippen molar-refractivity contribution in [2.45, 2.75) is 56.8 Å². The number of methoxy groups -OCH3 is 1. The summed E-state index contributed by atoms with van der Waals surface area (Å²) < 4.78 is 30.7. The lowest BCUT2D eigenvalue weighted by molar-refractivity contribution is -0.150. The molecule has 2 aliphatic rings. The number of aliphatic hydroxyl groups excluding tert-OH is 1. The van der Waals surface area contributed by atoms with E-state index in [0.717, 1.165) is 15.6 Å². The van der Waals surface area contributed by atoms with Crippen LogP contribution in [-0.2, 0) is 33.0 Å². The minimum Gasteiger partial charge on any atom is -0.491 e. The Morgan fingerprint density at radius 1 is 1.04 bits per heavy atom. The van der Waals surface area contributed by atoms with E-state index in [9.17, 15) is 19.5 Å². The first kappa shape index (κ1) is 35.7. The number of aliphatic hydroxyl groups is 1. The molecule has 1 saturated heterocycles. The number of carbonyl (C=O) groups excluding carboxylic acids is 2. The Labute approximate surface area is 300 Å². The number of nitrogens with zero attached hydrogens (tertiary/aromatic N) is 3. The summed E-state index contributed by atoms with van der Waals surface area (Å²) in [6, 6.07) is 25.7. The molecular weight excluding hydrogens is 721 g/mol. The van der Waals surface area contributed by atoms with Gasteiger partial charge in [-0.1, -0.05) is 65.3 Å². The van der Waals surface area contributed by atoms with Crippen molar-refractivity contribution in [1.29, 1.82) is 0 Å². The number of ether oxygens (including phenoxy) is 2. The van der Waals surface area contributed by atoms with Crippen molar-refractivity contribution in [3.8, 4) is 11.4 Å². The van der Waals surface area contributed by atoms with Gasteiger partial charge in [0.1, 0.15) is 0 Å². The molecule has 2 amide bonds. The molecule has 9 nitrogen and oxygen atoms in total. The van der Waals surface area contributed by atoms with Crippen molar-refractivity contribution in [2.75, 3.05) is 25.2 Å². The molecule has 1 N–H and O–H groups in total. The van der Waals surface area contributed by atoms with Gasteiger partial charge in [0, 0.05) is 46.5 Å². The van der Waals surface area contributed by atoms with Gasteiger partial charge < -0.3 is 28.5 Å². The lowest BCUT2D eigenvalue weighted by atomic mass is 9.82. The van der Waals surface area contributed by atoms with Crippen LogP contribution in [0.2, 0.25) is 18.6 Å². The third-order valence-electron chi connectivity index (χ3n) is 9.90. The number of hydrogen-bond acceptors (Lipinski definition) is 6. The Morgan fingerprint density at radius 2 is 1.78 bits per heavy atom. The van der Waals surface area contributed by atoms with Gasteiger partial charge >= 0.3 is 0 Å². The third kappa shape index (κ3) is 6.57. The summed E-state index contributed by atoms with van der Waals surface area (Å²) >= 11 is 3.58. The van der Waals surface area contributed by atoms with E-state index in [4.69, 9.17) is 9.47 Å². The fraction of sp³-hybridized carbons (Fsp3) is 0.342. The molecule has 4 atom stereocenters. The first-order valence-corrected chi connectivity index (χ1v) is 20.4. The average molecular weight is 763 g/mol.